The van der Waals surface area contributed by atoms with Gasteiger partial charge in [0.15, 0.2) is 5.96 Å². The Morgan fingerprint density at radius 2 is 2.25 bits per heavy atom. The molecule has 0 spiro atoms. The number of carbonyl (C=O) groups excluding carboxylic acids is 1. The molecule has 126 valence electrons. The van der Waals surface area contributed by atoms with Crippen molar-refractivity contribution < 1.29 is 9.53 Å². The summed E-state index contributed by atoms with van der Waals surface area (Å²) in [5.74, 6) is 0.848. The number of anilines is 1. The SMILES string of the molecule is COc1ccccc1NC(N)=NCC(=O)N1CCc2sccc2C1. The number of nitrogens with two attached hydrogens (primary N) is 1. The van der Waals surface area contributed by atoms with E-state index >= 15 is 0 Å². The van der Waals surface area contributed by atoms with Gasteiger partial charge < -0.3 is 20.7 Å². The molecular formula is C17H20N4O2S. The number of carbonyl (C=O) groups is 1. The van der Waals surface area contributed by atoms with Gasteiger partial charge in [-0.25, -0.2) is 4.99 Å². The highest BCUT2D eigenvalue weighted by Gasteiger charge is 2.21. The van der Waals surface area contributed by atoms with Crippen LogP contribution in [0.15, 0.2) is 40.7 Å². The van der Waals surface area contributed by atoms with Gasteiger partial charge in [-0.3, -0.25) is 4.79 Å². The van der Waals surface area contributed by atoms with Gasteiger partial charge in [0.25, 0.3) is 0 Å². The number of para-hydroxylation sites is 2. The van der Waals surface area contributed by atoms with Gasteiger partial charge in [-0.2, -0.15) is 0 Å². The number of nitrogens with one attached hydrogen (secondary N) is 1. The molecule has 1 amide bonds. The maximum Gasteiger partial charge on any atom is 0.244 e. The van der Waals surface area contributed by atoms with Crippen molar-refractivity contribution >= 4 is 28.9 Å². The lowest BCUT2D eigenvalue weighted by Gasteiger charge is -2.26. The topological polar surface area (TPSA) is 80.0 Å². The van der Waals surface area contributed by atoms with Crippen LogP contribution in [0.4, 0.5) is 5.69 Å². The molecule has 2 aromatic rings. The lowest BCUT2D eigenvalue weighted by atomic mass is 10.1. The number of benzene rings is 1. The molecule has 0 saturated heterocycles. The number of aliphatic imine (C=N–C) groups is 1. The highest BCUT2D eigenvalue weighted by molar-refractivity contribution is 7.10. The fraction of sp³-hybridized carbons (Fsp3) is 0.294. The van der Waals surface area contributed by atoms with Gasteiger partial charge in [0.1, 0.15) is 12.3 Å². The number of hydrogen-bond acceptors (Lipinski definition) is 4. The third kappa shape index (κ3) is 3.68. The maximum absolute atomic E-state index is 12.3. The second-order valence-corrected chi connectivity index (χ2v) is 6.46. The monoisotopic (exact) mass is 344 g/mol. The Morgan fingerprint density at radius 1 is 1.42 bits per heavy atom. The highest BCUT2D eigenvalue weighted by Crippen LogP contribution is 2.24. The molecule has 3 N–H and O–H groups in total. The van der Waals surface area contributed by atoms with Gasteiger partial charge in [0.2, 0.25) is 5.91 Å². The van der Waals surface area contributed by atoms with Crippen molar-refractivity contribution in [2.24, 2.45) is 10.7 Å². The fourth-order valence-corrected chi connectivity index (χ4v) is 3.53. The Balaban J connectivity index is 1.58. The predicted molar refractivity (Wildman–Crippen MR) is 96.5 cm³/mol. The molecule has 7 heteroatoms. The summed E-state index contributed by atoms with van der Waals surface area (Å²) in [6.07, 6.45) is 0.914. The molecule has 0 saturated carbocycles. The number of methoxy groups -OCH3 is 1. The second kappa shape index (κ2) is 7.35. The van der Waals surface area contributed by atoms with E-state index in [1.165, 1.54) is 10.4 Å². The molecule has 0 unspecified atom stereocenters. The standard InChI is InChI=1S/C17H20N4O2S/c1-23-14-5-3-2-4-13(14)20-17(18)19-10-16(22)21-8-6-15-12(11-21)7-9-24-15/h2-5,7,9H,6,8,10-11H2,1H3,(H3,18,19,20). The van der Waals surface area contributed by atoms with E-state index < -0.39 is 0 Å². The van der Waals surface area contributed by atoms with Crippen molar-refractivity contribution in [3.63, 3.8) is 0 Å². The molecule has 0 fully saturated rings. The average molecular weight is 344 g/mol. The number of amides is 1. The van der Waals surface area contributed by atoms with Crippen LogP contribution in [-0.4, -0.2) is 37.0 Å². The zero-order valence-electron chi connectivity index (χ0n) is 13.5. The van der Waals surface area contributed by atoms with Crippen LogP contribution in [0.25, 0.3) is 0 Å². The smallest absolute Gasteiger partial charge is 0.244 e. The van der Waals surface area contributed by atoms with Crippen LogP contribution in [0.2, 0.25) is 0 Å². The quantitative estimate of drug-likeness (QED) is 0.657. The first-order valence-corrected chi connectivity index (χ1v) is 8.58. The third-order valence-corrected chi connectivity index (χ3v) is 4.94. The Labute approximate surface area is 144 Å². The first-order chi connectivity index (χ1) is 11.7. The number of thiophene rings is 1. The van der Waals surface area contributed by atoms with Crippen LogP contribution in [0, 0.1) is 0 Å². The van der Waals surface area contributed by atoms with E-state index in [0.29, 0.717) is 12.3 Å². The molecule has 0 atom stereocenters. The summed E-state index contributed by atoms with van der Waals surface area (Å²) in [7, 11) is 1.59. The van der Waals surface area contributed by atoms with Gasteiger partial charge in [0, 0.05) is 18.0 Å². The largest absolute Gasteiger partial charge is 0.495 e. The van der Waals surface area contributed by atoms with Gasteiger partial charge in [-0.1, -0.05) is 12.1 Å². The predicted octanol–water partition coefficient (Wildman–Crippen LogP) is 2.07. The van der Waals surface area contributed by atoms with Crippen LogP contribution < -0.4 is 15.8 Å². The molecule has 1 aliphatic rings. The van der Waals surface area contributed by atoms with Crippen LogP contribution >= 0.6 is 11.3 Å². The van der Waals surface area contributed by atoms with Crippen molar-refractivity contribution in [1.29, 1.82) is 0 Å². The molecule has 3 rings (SSSR count). The number of rotatable bonds is 4. The summed E-state index contributed by atoms with van der Waals surface area (Å²) in [5, 5.41) is 5.04. The highest BCUT2D eigenvalue weighted by atomic mass is 32.1. The molecule has 24 heavy (non-hydrogen) atoms. The summed E-state index contributed by atoms with van der Waals surface area (Å²) >= 11 is 1.75. The second-order valence-electron chi connectivity index (χ2n) is 5.46. The zero-order chi connectivity index (χ0) is 16.9. The molecule has 6 nitrogen and oxygen atoms in total. The molecule has 0 bridgehead atoms. The number of ether oxygens (including phenoxy) is 1. The van der Waals surface area contributed by atoms with E-state index in [2.05, 4.69) is 21.8 Å². The number of nitrogens with zero attached hydrogens (tertiary/aromatic N) is 2. The molecule has 1 aliphatic heterocycles. The Hall–Kier alpha value is -2.54. The van der Waals surface area contributed by atoms with Crippen molar-refractivity contribution in [2.75, 3.05) is 25.5 Å². The number of hydrogen-bond donors (Lipinski definition) is 2. The third-order valence-electron chi connectivity index (χ3n) is 3.91. The van der Waals surface area contributed by atoms with Gasteiger partial charge in [-0.15, -0.1) is 11.3 Å². The lowest BCUT2D eigenvalue weighted by Crippen LogP contribution is -2.37. The zero-order valence-corrected chi connectivity index (χ0v) is 14.3. The number of fused-ring (bicyclic) bond motifs is 1. The van der Waals surface area contributed by atoms with Gasteiger partial charge in [0.05, 0.1) is 12.8 Å². The Bertz CT molecular complexity index is 757. The van der Waals surface area contributed by atoms with Crippen molar-refractivity contribution in [3.05, 3.63) is 46.2 Å². The molecule has 1 aromatic carbocycles. The summed E-state index contributed by atoms with van der Waals surface area (Å²) in [6.45, 7) is 1.43. The first-order valence-electron chi connectivity index (χ1n) is 7.70. The number of guanidine groups is 1. The summed E-state index contributed by atoms with van der Waals surface area (Å²) in [6, 6.07) is 9.49. The van der Waals surface area contributed by atoms with E-state index in [0.717, 1.165) is 18.7 Å². The molecular weight excluding hydrogens is 324 g/mol. The van der Waals surface area contributed by atoms with E-state index in [9.17, 15) is 4.79 Å². The van der Waals surface area contributed by atoms with E-state index in [1.54, 1.807) is 18.4 Å². The molecule has 0 radical (unpaired) electrons. The Kier molecular flexibility index (Phi) is 5.00. The van der Waals surface area contributed by atoms with E-state index in [1.807, 2.05) is 29.2 Å². The Morgan fingerprint density at radius 3 is 3.08 bits per heavy atom. The van der Waals surface area contributed by atoms with Crippen LogP contribution in [0.1, 0.15) is 10.4 Å². The van der Waals surface area contributed by atoms with Crippen LogP contribution in [0.3, 0.4) is 0 Å². The van der Waals surface area contributed by atoms with Gasteiger partial charge >= 0.3 is 0 Å². The lowest BCUT2D eigenvalue weighted by molar-refractivity contribution is -0.130. The molecule has 2 heterocycles. The van der Waals surface area contributed by atoms with Crippen molar-refractivity contribution in [1.82, 2.24) is 4.90 Å². The molecule has 1 aromatic heterocycles. The van der Waals surface area contributed by atoms with Crippen LogP contribution in [0.5, 0.6) is 5.75 Å². The normalized spacial score (nSPS) is 14.2. The molecule has 0 aliphatic carbocycles. The minimum atomic E-state index is -0.0170. The van der Waals surface area contributed by atoms with Crippen molar-refractivity contribution in [3.8, 4) is 5.75 Å². The minimum Gasteiger partial charge on any atom is -0.495 e. The van der Waals surface area contributed by atoms with Crippen LogP contribution in [-0.2, 0) is 17.8 Å². The van der Waals surface area contributed by atoms with Gasteiger partial charge in [-0.05, 0) is 35.6 Å². The summed E-state index contributed by atoms with van der Waals surface area (Å²) in [4.78, 5) is 19.7. The fourth-order valence-electron chi connectivity index (χ4n) is 2.64. The average Bonchev–Trinajstić information content (AvgIpc) is 3.07. The van der Waals surface area contributed by atoms with Crippen molar-refractivity contribution in [2.45, 2.75) is 13.0 Å². The van der Waals surface area contributed by atoms with E-state index in [4.69, 9.17) is 10.5 Å². The minimum absolute atomic E-state index is 0.0170. The summed E-state index contributed by atoms with van der Waals surface area (Å²) in [5.41, 5.74) is 7.84. The maximum atomic E-state index is 12.3. The van der Waals surface area contributed by atoms with E-state index in [-0.39, 0.29) is 18.4 Å². The summed E-state index contributed by atoms with van der Waals surface area (Å²) < 4.78 is 5.25. The first kappa shape index (κ1) is 16.3.